The van der Waals surface area contributed by atoms with E-state index in [0.29, 0.717) is 0 Å². The number of aliphatic hydroxyl groups excluding tert-OH is 1. The molecule has 0 spiro atoms. The van der Waals surface area contributed by atoms with Crippen LogP contribution in [0.15, 0.2) is 16.7 Å². The topological polar surface area (TPSA) is 71.7 Å². The summed E-state index contributed by atoms with van der Waals surface area (Å²) >= 11 is 0. The van der Waals surface area contributed by atoms with Crippen LogP contribution in [0.25, 0.3) is 0 Å². The van der Waals surface area contributed by atoms with Crippen molar-refractivity contribution >= 4 is 6.09 Å². The lowest BCUT2D eigenvalue weighted by atomic mass is 9.94. The van der Waals surface area contributed by atoms with Gasteiger partial charge in [0.15, 0.2) is 0 Å². The lowest BCUT2D eigenvalue weighted by Gasteiger charge is -2.22. The molecular formula is C11H15NO4. The zero-order chi connectivity index (χ0) is 11.4. The van der Waals surface area contributed by atoms with Gasteiger partial charge in [-0.2, -0.15) is 0 Å². The van der Waals surface area contributed by atoms with Gasteiger partial charge in [-0.05, 0) is 18.9 Å². The molecule has 1 aromatic heterocycles. The number of hydrogen-bond donors (Lipinski definition) is 2. The molecule has 5 nitrogen and oxygen atoms in total. The standard InChI is InChI=1S/C11H15NO4/c13-5-7-16-11(14)12-9-2-1-3-10-8(9)4-6-15-10/h4,6,9,13H,1-3,5,7H2,(H,12,14). The van der Waals surface area contributed by atoms with Crippen LogP contribution < -0.4 is 5.32 Å². The molecule has 0 saturated carbocycles. The Balaban J connectivity index is 1.94. The minimum absolute atomic E-state index is 0.0246. The summed E-state index contributed by atoms with van der Waals surface area (Å²) in [6.07, 6.45) is 3.95. The van der Waals surface area contributed by atoms with E-state index in [1.54, 1.807) is 6.26 Å². The number of nitrogens with one attached hydrogen (secondary N) is 1. The van der Waals surface area contributed by atoms with E-state index in [-0.39, 0.29) is 19.3 Å². The quantitative estimate of drug-likeness (QED) is 0.815. The van der Waals surface area contributed by atoms with Gasteiger partial charge in [0.1, 0.15) is 12.4 Å². The maximum absolute atomic E-state index is 11.3. The SMILES string of the molecule is O=C(NC1CCCc2occc21)OCCO. The van der Waals surface area contributed by atoms with Crippen LogP contribution in [0, 0.1) is 0 Å². The van der Waals surface area contributed by atoms with Gasteiger partial charge in [0, 0.05) is 12.0 Å². The number of hydrogen-bond acceptors (Lipinski definition) is 4. The number of carbonyl (C=O) groups excluding carboxylic acids is 1. The van der Waals surface area contributed by atoms with Gasteiger partial charge in [-0.3, -0.25) is 0 Å². The highest BCUT2D eigenvalue weighted by Gasteiger charge is 2.24. The number of fused-ring (bicyclic) bond motifs is 1. The minimum atomic E-state index is -0.492. The predicted molar refractivity (Wildman–Crippen MR) is 56.0 cm³/mol. The van der Waals surface area contributed by atoms with E-state index in [9.17, 15) is 4.79 Å². The predicted octanol–water partition coefficient (Wildman–Crippen LogP) is 1.38. The van der Waals surface area contributed by atoms with Crippen LogP contribution in [-0.4, -0.2) is 24.4 Å². The van der Waals surface area contributed by atoms with Crippen molar-refractivity contribution in [3.05, 3.63) is 23.7 Å². The maximum atomic E-state index is 11.3. The van der Waals surface area contributed by atoms with Gasteiger partial charge in [0.25, 0.3) is 0 Å². The summed E-state index contributed by atoms with van der Waals surface area (Å²) in [5.74, 6) is 0.943. The molecule has 0 aromatic carbocycles. The summed E-state index contributed by atoms with van der Waals surface area (Å²) < 4.78 is 10.1. The molecule has 0 fully saturated rings. The first-order valence-electron chi connectivity index (χ1n) is 5.41. The third-order valence-electron chi connectivity index (χ3n) is 2.67. The number of alkyl carbamates (subject to hydrolysis) is 1. The van der Waals surface area contributed by atoms with Crippen molar-refractivity contribution in [3.8, 4) is 0 Å². The summed E-state index contributed by atoms with van der Waals surface area (Å²) in [7, 11) is 0. The van der Waals surface area contributed by atoms with Crippen LogP contribution in [0.2, 0.25) is 0 Å². The summed E-state index contributed by atoms with van der Waals surface area (Å²) in [4.78, 5) is 11.3. The van der Waals surface area contributed by atoms with Crippen LogP contribution in [0.3, 0.4) is 0 Å². The number of aliphatic hydroxyl groups is 1. The van der Waals surface area contributed by atoms with Gasteiger partial charge in [-0.25, -0.2) is 4.79 Å². The summed E-state index contributed by atoms with van der Waals surface area (Å²) in [5, 5.41) is 11.3. The molecule has 16 heavy (non-hydrogen) atoms. The van der Waals surface area contributed by atoms with Gasteiger partial charge in [-0.1, -0.05) is 0 Å². The summed E-state index contributed by atoms with van der Waals surface area (Å²) in [6, 6.07) is 1.85. The highest BCUT2D eigenvalue weighted by atomic mass is 16.6. The van der Waals surface area contributed by atoms with Crippen molar-refractivity contribution in [3.63, 3.8) is 0 Å². The molecule has 1 atom stereocenters. The number of rotatable bonds is 3. The Labute approximate surface area is 93.4 Å². The van der Waals surface area contributed by atoms with E-state index in [2.05, 4.69) is 5.32 Å². The van der Waals surface area contributed by atoms with Gasteiger partial charge in [-0.15, -0.1) is 0 Å². The highest BCUT2D eigenvalue weighted by Crippen LogP contribution is 2.30. The molecule has 0 aliphatic heterocycles. The van der Waals surface area contributed by atoms with Crippen molar-refractivity contribution in [2.24, 2.45) is 0 Å². The number of furan rings is 1. The van der Waals surface area contributed by atoms with Crippen molar-refractivity contribution in [2.45, 2.75) is 25.3 Å². The first-order chi connectivity index (χ1) is 7.81. The third kappa shape index (κ3) is 2.36. The van der Waals surface area contributed by atoms with E-state index in [0.717, 1.165) is 30.6 Å². The Kier molecular flexibility index (Phi) is 3.46. The van der Waals surface area contributed by atoms with Crippen LogP contribution >= 0.6 is 0 Å². The van der Waals surface area contributed by atoms with Crippen molar-refractivity contribution in [1.82, 2.24) is 5.32 Å². The molecule has 1 aromatic rings. The number of ether oxygens (including phenoxy) is 1. The molecule has 0 radical (unpaired) electrons. The second kappa shape index (κ2) is 5.03. The molecule has 2 N–H and O–H groups in total. The molecular weight excluding hydrogens is 210 g/mol. The molecule has 0 bridgehead atoms. The normalized spacial score (nSPS) is 18.9. The van der Waals surface area contributed by atoms with Gasteiger partial charge in [0.05, 0.1) is 18.9 Å². The van der Waals surface area contributed by atoms with Crippen molar-refractivity contribution in [2.75, 3.05) is 13.2 Å². The lowest BCUT2D eigenvalue weighted by molar-refractivity contribution is 0.115. The van der Waals surface area contributed by atoms with Crippen LogP contribution in [-0.2, 0) is 11.2 Å². The Morgan fingerprint density at radius 1 is 1.69 bits per heavy atom. The zero-order valence-corrected chi connectivity index (χ0v) is 8.94. The zero-order valence-electron chi connectivity index (χ0n) is 8.94. The Hall–Kier alpha value is -1.49. The van der Waals surface area contributed by atoms with Gasteiger partial charge < -0.3 is 19.6 Å². The van der Waals surface area contributed by atoms with Crippen LogP contribution in [0.4, 0.5) is 4.79 Å². The van der Waals surface area contributed by atoms with E-state index < -0.39 is 6.09 Å². The molecule has 1 unspecified atom stereocenters. The molecule has 2 rings (SSSR count). The molecule has 1 aliphatic carbocycles. The monoisotopic (exact) mass is 225 g/mol. The van der Waals surface area contributed by atoms with E-state index in [4.69, 9.17) is 14.3 Å². The minimum Gasteiger partial charge on any atom is -0.469 e. The summed E-state index contributed by atoms with van der Waals surface area (Å²) in [6.45, 7) is -0.133. The first-order valence-corrected chi connectivity index (χ1v) is 5.41. The smallest absolute Gasteiger partial charge is 0.407 e. The van der Waals surface area contributed by atoms with Crippen LogP contribution in [0.5, 0.6) is 0 Å². The van der Waals surface area contributed by atoms with Gasteiger partial charge >= 0.3 is 6.09 Å². The molecule has 5 heteroatoms. The van der Waals surface area contributed by atoms with Crippen molar-refractivity contribution < 1.29 is 19.1 Å². The average molecular weight is 225 g/mol. The third-order valence-corrected chi connectivity index (χ3v) is 2.67. The number of amides is 1. The fourth-order valence-corrected chi connectivity index (χ4v) is 1.96. The summed E-state index contributed by atoms with van der Waals surface area (Å²) in [5.41, 5.74) is 1.03. The molecule has 0 saturated heterocycles. The Bertz CT molecular complexity index is 361. The van der Waals surface area contributed by atoms with Gasteiger partial charge in [0.2, 0.25) is 0 Å². The maximum Gasteiger partial charge on any atom is 0.407 e. The number of carbonyl (C=O) groups is 1. The van der Waals surface area contributed by atoms with Crippen molar-refractivity contribution in [1.29, 1.82) is 0 Å². The highest BCUT2D eigenvalue weighted by molar-refractivity contribution is 5.68. The average Bonchev–Trinajstić information content (AvgIpc) is 2.75. The molecule has 1 amide bonds. The van der Waals surface area contributed by atoms with E-state index >= 15 is 0 Å². The molecule has 1 heterocycles. The fraction of sp³-hybridized carbons (Fsp3) is 0.545. The van der Waals surface area contributed by atoms with E-state index in [1.807, 2.05) is 6.07 Å². The molecule has 88 valence electrons. The second-order valence-corrected chi connectivity index (χ2v) is 3.75. The lowest BCUT2D eigenvalue weighted by Crippen LogP contribution is -2.31. The fourth-order valence-electron chi connectivity index (χ4n) is 1.96. The largest absolute Gasteiger partial charge is 0.469 e. The number of aryl methyl sites for hydroxylation is 1. The van der Waals surface area contributed by atoms with Crippen LogP contribution in [0.1, 0.15) is 30.2 Å². The van der Waals surface area contributed by atoms with E-state index in [1.165, 1.54) is 0 Å². The Morgan fingerprint density at radius 2 is 2.56 bits per heavy atom. The molecule has 1 aliphatic rings. The Morgan fingerprint density at radius 3 is 3.38 bits per heavy atom. The first kappa shape index (κ1) is 11.0. The second-order valence-electron chi connectivity index (χ2n) is 3.75.